The third-order valence-electron chi connectivity index (χ3n) is 2.31. The van der Waals surface area contributed by atoms with Crippen LogP contribution in [0, 0.1) is 19.8 Å². The zero-order valence-electron chi connectivity index (χ0n) is 9.35. The van der Waals surface area contributed by atoms with Crippen LogP contribution in [0.4, 0.5) is 0 Å². The van der Waals surface area contributed by atoms with Crippen LogP contribution in [-0.4, -0.2) is 9.97 Å². The highest BCUT2D eigenvalue weighted by Crippen LogP contribution is 2.07. The van der Waals surface area contributed by atoms with E-state index in [1.165, 1.54) is 0 Å². The van der Waals surface area contributed by atoms with Crippen LogP contribution in [0.15, 0.2) is 4.79 Å². The summed E-state index contributed by atoms with van der Waals surface area (Å²) in [5.41, 5.74) is 1.73. The topological polar surface area (TPSA) is 45.8 Å². The average molecular weight is 194 g/mol. The number of H-pyrrole nitrogens is 1. The summed E-state index contributed by atoms with van der Waals surface area (Å²) in [5.74, 6) is 1.32. The van der Waals surface area contributed by atoms with Gasteiger partial charge < -0.3 is 4.98 Å². The fourth-order valence-electron chi connectivity index (χ4n) is 1.48. The van der Waals surface area contributed by atoms with Gasteiger partial charge in [0.1, 0.15) is 5.82 Å². The number of nitrogens with one attached hydrogen (secondary N) is 1. The van der Waals surface area contributed by atoms with Crippen molar-refractivity contribution in [2.45, 2.75) is 40.5 Å². The Hall–Kier alpha value is -1.12. The molecular weight excluding hydrogens is 176 g/mol. The van der Waals surface area contributed by atoms with Crippen LogP contribution >= 0.6 is 0 Å². The molecule has 1 aromatic rings. The molecule has 1 heterocycles. The molecular formula is C11H18N2O. The number of aromatic nitrogens is 2. The molecule has 0 spiro atoms. The summed E-state index contributed by atoms with van der Waals surface area (Å²) in [4.78, 5) is 18.6. The summed E-state index contributed by atoms with van der Waals surface area (Å²) in [6, 6.07) is 0. The quantitative estimate of drug-likeness (QED) is 0.799. The maximum absolute atomic E-state index is 11.6. The van der Waals surface area contributed by atoms with E-state index in [0.717, 1.165) is 24.1 Å². The molecule has 0 fully saturated rings. The Morgan fingerprint density at radius 3 is 2.50 bits per heavy atom. The van der Waals surface area contributed by atoms with Crippen LogP contribution in [0.25, 0.3) is 0 Å². The van der Waals surface area contributed by atoms with Crippen LogP contribution in [0.2, 0.25) is 0 Å². The largest absolute Gasteiger partial charge is 0.311 e. The maximum Gasteiger partial charge on any atom is 0.254 e. The van der Waals surface area contributed by atoms with Gasteiger partial charge in [-0.15, -0.1) is 0 Å². The molecule has 0 aliphatic heterocycles. The van der Waals surface area contributed by atoms with Crippen molar-refractivity contribution >= 4 is 0 Å². The van der Waals surface area contributed by atoms with Crippen molar-refractivity contribution in [3.63, 3.8) is 0 Å². The third kappa shape index (κ3) is 2.69. The smallest absolute Gasteiger partial charge is 0.254 e. The summed E-state index contributed by atoms with van der Waals surface area (Å²) in [7, 11) is 0. The van der Waals surface area contributed by atoms with Crippen LogP contribution in [0.1, 0.15) is 37.4 Å². The highest BCUT2D eigenvalue weighted by molar-refractivity contribution is 5.16. The zero-order valence-corrected chi connectivity index (χ0v) is 9.35. The van der Waals surface area contributed by atoms with Gasteiger partial charge in [-0.05, 0) is 32.6 Å². The standard InChI is InChI=1S/C11H18N2O/c1-7(2)5-6-10-8(3)12-9(4)13-11(10)14/h7H,5-6H2,1-4H3,(H,12,13,14). The maximum atomic E-state index is 11.6. The summed E-state index contributed by atoms with van der Waals surface area (Å²) in [6.07, 6.45) is 1.86. The van der Waals surface area contributed by atoms with Gasteiger partial charge in [0.05, 0.1) is 0 Å². The minimum Gasteiger partial charge on any atom is -0.311 e. The van der Waals surface area contributed by atoms with Crippen LogP contribution in [0.5, 0.6) is 0 Å². The Morgan fingerprint density at radius 1 is 1.36 bits per heavy atom. The van der Waals surface area contributed by atoms with E-state index in [1.807, 2.05) is 6.92 Å². The number of aromatic amines is 1. The van der Waals surface area contributed by atoms with Gasteiger partial charge in [0.2, 0.25) is 0 Å². The first-order valence-corrected chi connectivity index (χ1v) is 5.07. The monoisotopic (exact) mass is 194 g/mol. The second-order valence-corrected chi connectivity index (χ2v) is 4.15. The highest BCUT2D eigenvalue weighted by atomic mass is 16.1. The fourth-order valence-corrected chi connectivity index (χ4v) is 1.48. The number of aryl methyl sites for hydroxylation is 2. The SMILES string of the molecule is Cc1nc(C)c(CCC(C)C)c(=O)[nH]1. The van der Waals surface area contributed by atoms with E-state index in [1.54, 1.807) is 6.92 Å². The summed E-state index contributed by atoms with van der Waals surface area (Å²) >= 11 is 0. The van der Waals surface area contributed by atoms with Crippen LogP contribution in [-0.2, 0) is 6.42 Å². The van der Waals surface area contributed by atoms with Gasteiger partial charge in [-0.1, -0.05) is 13.8 Å². The van der Waals surface area contributed by atoms with Crippen LogP contribution in [0.3, 0.4) is 0 Å². The molecule has 1 N–H and O–H groups in total. The molecule has 0 aliphatic rings. The van der Waals surface area contributed by atoms with Crippen molar-refractivity contribution < 1.29 is 0 Å². The lowest BCUT2D eigenvalue weighted by Crippen LogP contribution is -2.18. The van der Waals surface area contributed by atoms with E-state index in [-0.39, 0.29) is 5.56 Å². The van der Waals surface area contributed by atoms with E-state index in [2.05, 4.69) is 23.8 Å². The predicted octanol–water partition coefficient (Wildman–Crippen LogP) is 1.98. The number of hydrogen-bond donors (Lipinski definition) is 1. The molecule has 0 atom stereocenters. The Kier molecular flexibility index (Phi) is 3.44. The van der Waals surface area contributed by atoms with E-state index < -0.39 is 0 Å². The normalized spacial score (nSPS) is 10.9. The number of nitrogens with zero attached hydrogens (tertiary/aromatic N) is 1. The van der Waals surface area contributed by atoms with Gasteiger partial charge in [0.25, 0.3) is 5.56 Å². The number of hydrogen-bond acceptors (Lipinski definition) is 2. The molecule has 1 rings (SSSR count). The number of rotatable bonds is 3. The second-order valence-electron chi connectivity index (χ2n) is 4.15. The lowest BCUT2D eigenvalue weighted by atomic mass is 10.0. The van der Waals surface area contributed by atoms with Crippen molar-refractivity contribution in [3.8, 4) is 0 Å². The zero-order chi connectivity index (χ0) is 10.7. The van der Waals surface area contributed by atoms with Crippen LogP contribution < -0.4 is 5.56 Å². The van der Waals surface area contributed by atoms with E-state index in [9.17, 15) is 4.79 Å². The second kappa shape index (κ2) is 4.40. The highest BCUT2D eigenvalue weighted by Gasteiger charge is 2.06. The van der Waals surface area contributed by atoms with Gasteiger partial charge in [0.15, 0.2) is 0 Å². The molecule has 0 aliphatic carbocycles. The lowest BCUT2D eigenvalue weighted by Gasteiger charge is -2.06. The van der Waals surface area contributed by atoms with Gasteiger partial charge in [-0.25, -0.2) is 4.98 Å². The first kappa shape index (κ1) is 11.0. The molecule has 0 radical (unpaired) electrons. The van der Waals surface area contributed by atoms with Crippen molar-refractivity contribution in [3.05, 3.63) is 27.4 Å². The summed E-state index contributed by atoms with van der Waals surface area (Å²) < 4.78 is 0. The third-order valence-corrected chi connectivity index (χ3v) is 2.31. The average Bonchev–Trinajstić information content (AvgIpc) is 2.01. The molecule has 0 aromatic carbocycles. The minimum absolute atomic E-state index is 0.0238. The van der Waals surface area contributed by atoms with Gasteiger partial charge in [0, 0.05) is 11.3 Å². The molecule has 14 heavy (non-hydrogen) atoms. The molecule has 0 unspecified atom stereocenters. The van der Waals surface area contributed by atoms with Crippen molar-refractivity contribution in [1.29, 1.82) is 0 Å². The Balaban J connectivity index is 2.92. The van der Waals surface area contributed by atoms with E-state index in [4.69, 9.17) is 0 Å². The Morgan fingerprint density at radius 2 is 2.00 bits per heavy atom. The molecule has 0 bridgehead atoms. The van der Waals surface area contributed by atoms with E-state index >= 15 is 0 Å². The molecule has 3 nitrogen and oxygen atoms in total. The van der Waals surface area contributed by atoms with Gasteiger partial charge >= 0.3 is 0 Å². The molecule has 3 heteroatoms. The molecule has 0 saturated carbocycles. The summed E-state index contributed by atoms with van der Waals surface area (Å²) in [6.45, 7) is 8.02. The minimum atomic E-state index is 0.0238. The Bertz CT molecular complexity index is 366. The fraction of sp³-hybridized carbons (Fsp3) is 0.636. The van der Waals surface area contributed by atoms with E-state index in [0.29, 0.717) is 11.7 Å². The first-order chi connectivity index (χ1) is 6.50. The Labute approximate surface area is 84.6 Å². The molecule has 0 saturated heterocycles. The summed E-state index contributed by atoms with van der Waals surface area (Å²) in [5, 5.41) is 0. The molecule has 0 amide bonds. The molecule has 1 aromatic heterocycles. The van der Waals surface area contributed by atoms with Gasteiger partial charge in [-0.2, -0.15) is 0 Å². The van der Waals surface area contributed by atoms with Crippen molar-refractivity contribution in [2.75, 3.05) is 0 Å². The molecule has 78 valence electrons. The van der Waals surface area contributed by atoms with Crippen molar-refractivity contribution in [1.82, 2.24) is 9.97 Å². The first-order valence-electron chi connectivity index (χ1n) is 5.07. The lowest BCUT2D eigenvalue weighted by molar-refractivity contribution is 0.582. The van der Waals surface area contributed by atoms with Gasteiger partial charge in [-0.3, -0.25) is 4.79 Å². The van der Waals surface area contributed by atoms with Crippen molar-refractivity contribution in [2.24, 2.45) is 5.92 Å². The predicted molar refractivity (Wildman–Crippen MR) is 57.5 cm³/mol.